The lowest BCUT2D eigenvalue weighted by molar-refractivity contribution is -0.140. The summed E-state index contributed by atoms with van der Waals surface area (Å²) in [5.74, 6) is 1.98. The summed E-state index contributed by atoms with van der Waals surface area (Å²) < 4.78 is 0. The highest BCUT2D eigenvalue weighted by Crippen LogP contribution is 2.43. The molecule has 2 unspecified atom stereocenters. The van der Waals surface area contributed by atoms with E-state index in [2.05, 4.69) is 4.90 Å². The first kappa shape index (κ1) is 14.1. The predicted octanol–water partition coefficient (Wildman–Crippen LogP) is 2.19. The van der Waals surface area contributed by atoms with E-state index in [0.29, 0.717) is 12.5 Å². The Morgan fingerprint density at radius 1 is 1.11 bits per heavy atom. The molecule has 18 heavy (non-hydrogen) atoms. The van der Waals surface area contributed by atoms with Gasteiger partial charge in [0.15, 0.2) is 0 Å². The minimum Gasteiger partial charge on any atom is -0.342 e. The van der Waals surface area contributed by atoms with Gasteiger partial charge in [-0.1, -0.05) is 19.3 Å². The molecular weight excluding hydrogens is 248 g/mol. The second-order valence-electron chi connectivity index (χ2n) is 6.35. The standard InChI is InChI=1S/C14H24N2O.ClH/c15-10-14(6-1-2-7-14)13(17)16-8-11-4-3-5-12(11)9-16;/h11-12H,1-10,15H2;1H. The number of nitrogens with two attached hydrogens (primary N) is 1. The molecule has 2 N–H and O–H groups in total. The minimum absolute atomic E-state index is 0. The summed E-state index contributed by atoms with van der Waals surface area (Å²) >= 11 is 0. The summed E-state index contributed by atoms with van der Waals surface area (Å²) in [5, 5.41) is 0. The summed E-state index contributed by atoms with van der Waals surface area (Å²) in [5.41, 5.74) is 5.72. The van der Waals surface area contributed by atoms with E-state index in [9.17, 15) is 4.79 Å². The van der Waals surface area contributed by atoms with E-state index in [0.717, 1.165) is 37.8 Å². The van der Waals surface area contributed by atoms with Crippen LogP contribution in [0.15, 0.2) is 0 Å². The first-order valence-corrected chi connectivity index (χ1v) is 7.25. The number of carbonyl (C=O) groups excluding carboxylic acids is 1. The SMILES string of the molecule is Cl.NCC1(C(=O)N2CC3CCCC3C2)CCCC1. The van der Waals surface area contributed by atoms with Crippen LogP contribution in [0.5, 0.6) is 0 Å². The molecule has 104 valence electrons. The highest BCUT2D eigenvalue weighted by atomic mass is 35.5. The van der Waals surface area contributed by atoms with Crippen LogP contribution in [0, 0.1) is 17.3 Å². The summed E-state index contributed by atoms with van der Waals surface area (Å²) in [6.07, 6.45) is 8.46. The highest BCUT2D eigenvalue weighted by Gasteiger charge is 2.46. The molecule has 3 nitrogen and oxygen atoms in total. The molecular formula is C14H25ClN2O. The number of hydrogen-bond acceptors (Lipinski definition) is 2. The maximum absolute atomic E-state index is 12.7. The van der Waals surface area contributed by atoms with Crippen LogP contribution in [-0.2, 0) is 4.79 Å². The van der Waals surface area contributed by atoms with Crippen molar-refractivity contribution >= 4 is 18.3 Å². The molecule has 2 atom stereocenters. The van der Waals surface area contributed by atoms with E-state index < -0.39 is 0 Å². The molecule has 1 aliphatic heterocycles. The van der Waals surface area contributed by atoms with Crippen molar-refractivity contribution in [2.45, 2.75) is 44.9 Å². The highest BCUT2D eigenvalue weighted by molar-refractivity contribution is 5.85. The van der Waals surface area contributed by atoms with Gasteiger partial charge in [-0.05, 0) is 37.5 Å². The molecule has 0 aromatic carbocycles. The molecule has 1 saturated heterocycles. The lowest BCUT2D eigenvalue weighted by atomic mass is 9.84. The van der Waals surface area contributed by atoms with Crippen molar-refractivity contribution in [2.24, 2.45) is 23.0 Å². The van der Waals surface area contributed by atoms with Gasteiger partial charge in [0.25, 0.3) is 0 Å². The van der Waals surface area contributed by atoms with E-state index in [1.165, 1.54) is 32.1 Å². The second kappa shape index (κ2) is 5.38. The number of nitrogens with zero attached hydrogens (tertiary/aromatic N) is 1. The zero-order valence-electron chi connectivity index (χ0n) is 11.1. The largest absolute Gasteiger partial charge is 0.342 e. The van der Waals surface area contributed by atoms with Gasteiger partial charge in [-0.15, -0.1) is 12.4 Å². The maximum atomic E-state index is 12.7. The van der Waals surface area contributed by atoms with E-state index in [1.807, 2.05) is 0 Å². The molecule has 3 rings (SSSR count). The Balaban J connectivity index is 0.00000120. The van der Waals surface area contributed by atoms with Gasteiger partial charge in [0.1, 0.15) is 0 Å². The molecule has 2 saturated carbocycles. The summed E-state index contributed by atoms with van der Waals surface area (Å²) in [6.45, 7) is 2.59. The summed E-state index contributed by atoms with van der Waals surface area (Å²) in [7, 11) is 0. The quantitative estimate of drug-likeness (QED) is 0.838. The van der Waals surface area contributed by atoms with Crippen LogP contribution in [0.1, 0.15) is 44.9 Å². The van der Waals surface area contributed by atoms with Crippen LogP contribution in [0.25, 0.3) is 0 Å². The van der Waals surface area contributed by atoms with Crippen molar-refractivity contribution in [1.29, 1.82) is 0 Å². The van der Waals surface area contributed by atoms with E-state index in [4.69, 9.17) is 5.73 Å². The van der Waals surface area contributed by atoms with Gasteiger partial charge in [0.05, 0.1) is 5.41 Å². The minimum atomic E-state index is -0.182. The summed E-state index contributed by atoms with van der Waals surface area (Å²) in [4.78, 5) is 14.8. The Hall–Kier alpha value is -0.280. The number of carbonyl (C=O) groups is 1. The van der Waals surface area contributed by atoms with Gasteiger partial charge in [-0.2, -0.15) is 0 Å². The first-order valence-electron chi connectivity index (χ1n) is 7.25. The van der Waals surface area contributed by atoms with Gasteiger partial charge in [0, 0.05) is 19.6 Å². The molecule has 3 fully saturated rings. The molecule has 1 amide bonds. The number of hydrogen-bond donors (Lipinski definition) is 1. The number of fused-ring (bicyclic) bond motifs is 1. The Kier molecular flexibility index (Phi) is 4.22. The fourth-order valence-electron chi connectivity index (χ4n) is 4.29. The van der Waals surface area contributed by atoms with Crippen LogP contribution in [-0.4, -0.2) is 30.4 Å². The normalized spacial score (nSPS) is 33.3. The molecule has 2 aliphatic carbocycles. The smallest absolute Gasteiger partial charge is 0.230 e. The molecule has 0 spiro atoms. The number of rotatable bonds is 2. The second-order valence-corrected chi connectivity index (χ2v) is 6.35. The van der Waals surface area contributed by atoms with Crippen LogP contribution in [0.3, 0.4) is 0 Å². The molecule has 0 bridgehead atoms. The van der Waals surface area contributed by atoms with Gasteiger partial charge in [-0.25, -0.2) is 0 Å². The fourth-order valence-corrected chi connectivity index (χ4v) is 4.29. The molecule has 1 heterocycles. The monoisotopic (exact) mass is 272 g/mol. The van der Waals surface area contributed by atoms with Crippen molar-refractivity contribution in [3.63, 3.8) is 0 Å². The molecule has 0 aromatic rings. The Bertz CT molecular complexity index is 303. The van der Waals surface area contributed by atoms with Crippen LogP contribution in [0.4, 0.5) is 0 Å². The molecule has 4 heteroatoms. The first-order chi connectivity index (χ1) is 8.25. The van der Waals surface area contributed by atoms with Crippen molar-refractivity contribution in [1.82, 2.24) is 4.90 Å². The summed E-state index contributed by atoms with van der Waals surface area (Å²) in [6, 6.07) is 0. The van der Waals surface area contributed by atoms with Gasteiger partial charge < -0.3 is 10.6 Å². The average Bonchev–Trinajstić information content (AvgIpc) is 3.03. The lowest BCUT2D eigenvalue weighted by Crippen LogP contribution is -2.46. The molecule has 0 radical (unpaired) electrons. The molecule has 3 aliphatic rings. The van der Waals surface area contributed by atoms with Crippen LogP contribution >= 0.6 is 12.4 Å². The van der Waals surface area contributed by atoms with Crippen molar-refractivity contribution in [3.8, 4) is 0 Å². The third-order valence-corrected chi connectivity index (χ3v) is 5.42. The van der Waals surface area contributed by atoms with E-state index >= 15 is 0 Å². The maximum Gasteiger partial charge on any atom is 0.230 e. The van der Waals surface area contributed by atoms with E-state index in [1.54, 1.807) is 0 Å². The van der Waals surface area contributed by atoms with Crippen molar-refractivity contribution in [2.75, 3.05) is 19.6 Å². The van der Waals surface area contributed by atoms with E-state index in [-0.39, 0.29) is 17.8 Å². The van der Waals surface area contributed by atoms with Gasteiger partial charge in [-0.3, -0.25) is 4.79 Å². The Labute approximate surface area is 116 Å². The average molecular weight is 273 g/mol. The number of halogens is 1. The Morgan fingerprint density at radius 2 is 1.67 bits per heavy atom. The van der Waals surface area contributed by atoms with Crippen molar-refractivity contribution in [3.05, 3.63) is 0 Å². The van der Waals surface area contributed by atoms with Crippen LogP contribution in [0.2, 0.25) is 0 Å². The van der Waals surface area contributed by atoms with Gasteiger partial charge >= 0.3 is 0 Å². The zero-order valence-corrected chi connectivity index (χ0v) is 11.9. The fraction of sp³-hybridized carbons (Fsp3) is 0.929. The lowest BCUT2D eigenvalue weighted by Gasteiger charge is -2.31. The topological polar surface area (TPSA) is 46.3 Å². The Morgan fingerprint density at radius 3 is 2.17 bits per heavy atom. The number of amides is 1. The third-order valence-electron chi connectivity index (χ3n) is 5.42. The van der Waals surface area contributed by atoms with Gasteiger partial charge in [0.2, 0.25) is 5.91 Å². The third kappa shape index (κ3) is 2.16. The zero-order chi connectivity index (χ0) is 11.9. The predicted molar refractivity (Wildman–Crippen MR) is 74.6 cm³/mol. The van der Waals surface area contributed by atoms with Crippen LogP contribution < -0.4 is 5.73 Å². The molecule has 0 aromatic heterocycles. The van der Waals surface area contributed by atoms with Crippen molar-refractivity contribution < 1.29 is 4.79 Å². The number of likely N-dealkylation sites (tertiary alicyclic amines) is 1.